The predicted octanol–water partition coefficient (Wildman–Crippen LogP) is -0.328. The molecule has 0 aliphatic heterocycles. The molecule has 0 aromatic carbocycles. The van der Waals surface area contributed by atoms with E-state index in [1.807, 2.05) is 6.92 Å². The Bertz CT molecular complexity index is 461. The van der Waals surface area contributed by atoms with Gasteiger partial charge in [-0.2, -0.15) is 0 Å². The highest BCUT2D eigenvalue weighted by molar-refractivity contribution is 5.91. The summed E-state index contributed by atoms with van der Waals surface area (Å²) in [7, 11) is 0. The fraction of sp³-hybridized carbons (Fsp3) is 0.833. The van der Waals surface area contributed by atoms with Crippen molar-refractivity contribution < 1.29 is 19.5 Å². The number of unbranched alkanes of at least 4 members (excludes halogenated alkanes) is 2. The quantitative estimate of drug-likeness (QED) is 0.209. The molecule has 0 unspecified atom stereocenters. The number of carboxylic acids is 1. The summed E-state index contributed by atoms with van der Waals surface area (Å²) in [5, 5.41) is 14.6. The summed E-state index contributed by atoms with van der Waals surface area (Å²) < 4.78 is 0. The van der Waals surface area contributed by atoms with Gasteiger partial charge in [0.25, 0.3) is 0 Å². The van der Waals surface area contributed by atoms with Gasteiger partial charge in [0, 0.05) is 0 Å². The molecule has 0 heterocycles. The second kappa shape index (κ2) is 14.4. The maximum absolute atomic E-state index is 12.6. The van der Waals surface area contributed by atoms with E-state index in [-0.39, 0.29) is 5.92 Å². The molecule has 0 fully saturated rings. The highest BCUT2D eigenvalue weighted by Crippen LogP contribution is 2.10. The molecule has 9 nitrogen and oxygen atoms in total. The van der Waals surface area contributed by atoms with Gasteiger partial charge >= 0.3 is 5.97 Å². The average molecular weight is 388 g/mol. The summed E-state index contributed by atoms with van der Waals surface area (Å²) in [6, 6.07) is -2.57. The lowest BCUT2D eigenvalue weighted by Gasteiger charge is -2.25. The van der Waals surface area contributed by atoms with Crippen molar-refractivity contribution in [1.29, 1.82) is 0 Å². The molecule has 9 N–H and O–H groups in total. The van der Waals surface area contributed by atoms with Crippen LogP contribution in [-0.2, 0) is 14.4 Å². The van der Waals surface area contributed by atoms with Gasteiger partial charge in [0.1, 0.15) is 12.1 Å². The summed E-state index contributed by atoms with van der Waals surface area (Å²) in [6.07, 6.45) is 4.30. The summed E-state index contributed by atoms with van der Waals surface area (Å²) in [5.74, 6) is -2.26. The van der Waals surface area contributed by atoms with Crippen LogP contribution in [0.3, 0.4) is 0 Å². The molecule has 27 heavy (non-hydrogen) atoms. The molecule has 0 bridgehead atoms. The van der Waals surface area contributed by atoms with Crippen molar-refractivity contribution in [2.75, 3.05) is 13.1 Å². The largest absolute Gasteiger partial charge is 0.480 e. The van der Waals surface area contributed by atoms with Crippen LogP contribution in [0.15, 0.2) is 0 Å². The number of hydrogen-bond donors (Lipinski definition) is 6. The van der Waals surface area contributed by atoms with E-state index in [0.29, 0.717) is 45.2 Å². The van der Waals surface area contributed by atoms with Crippen LogP contribution in [0.2, 0.25) is 0 Å². The number of amides is 2. The standard InChI is InChI=1S/C18H37N5O4/c1-3-12(2)15(18(26)27)23-17(25)14(9-5-7-11-20)22-16(24)13(21)8-4-6-10-19/h12-15H,3-11,19-21H2,1-2H3,(H,22,24)(H,23,25)(H,26,27)/t12-,13-,14+,15-/m0/s1. The van der Waals surface area contributed by atoms with Gasteiger partial charge in [-0.3, -0.25) is 9.59 Å². The van der Waals surface area contributed by atoms with Crippen molar-refractivity contribution in [1.82, 2.24) is 10.6 Å². The van der Waals surface area contributed by atoms with Gasteiger partial charge < -0.3 is 32.9 Å². The van der Waals surface area contributed by atoms with Crippen LogP contribution in [0, 0.1) is 5.92 Å². The summed E-state index contributed by atoms with van der Waals surface area (Å²) >= 11 is 0. The minimum atomic E-state index is -1.09. The second-order valence-electron chi connectivity index (χ2n) is 6.95. The maximum atomic E-state index is 12.6. The van der Waals surface area contributed by atoms with E-state index in [1.165, 1.54) is 0 Å². The van der Waals surface area contributed by atoms with Crippen LogP contribution in [0.5, 0.6) is 0 Å². The maximum Gasteiger partial charge on any atom is 0.326 e. The first kappa shape index (κ1) is 25.3. The van der Waals surface area contributed by atoms with Crippen LogP contribution in [0.4, 0.5) is 0 Å². The van der Waals surface area contributed by atoms with Crippen LogP contribution in [0.25, 0.3) is 0 Å². The lowest BCUT2D eigenvalue weighted by atomic mass is 9.98. The molecule has 0 saturated heterocycles. The number of aliphatic carboxylic acids is 1. The number of nitrogens with one attached hydrogen (secondary N) is 2. The summed E-state index contributed by atoms with van der Waals surface area (Å²) in [5.41, 5.74) is 16.8. The number of carboxylic acid groups (broad SMARTS) is 1. The average Bonchev–Trinajstić information content (AvgIpc) is 2.64. The lowest BCUT2D eigenvalue weighted by Crippen LogP contribution is -2.55. The van der Waals surface area contributed by atoms with Crippen molar-refractivity contribution >= 4 is 17.8 Å². The van der Waals surface area contributed by atoms with Gasteiger partial charge in [-0.15, -0.1) is 0 Å². The monoisotopic (exact) mass is 387 g/mol. The summed E-state index contributed by atoms with van der Waals surface area (Å²) in [4.78, 5) is 36.4. The number of carbonyl (C=O) groups excluding carboxylic acids is 2. The molecule has 158 valence electrons. The van der Waals surface area contributed by atoms with Crippen molar-refractivity contribution in [2.24, 2.45) is 23.1 Å². The molecule has 9 heteroatoms. The van der Waals surface area contributed by atoms with Crippen molar-refractivity contribution in [3.63, 3.8) is 0 Å². The number of hydrogen-bond acceptors (Lipinski definition) is 6. The van der Waals surface area contributed by atoms with Crippen molar-refractivity contribution in [2.45, 2.75) is 76.9 Å². The molecule has 2 amide bonds. The molecule has 0 rings (SSSR count). The molecular formula is C18H37N5O4. The Morgan fingerprint density at radius 3 is 1.96 bits per heavy atom. The zero-order chi connectivity index (χ0) is 20.8. The van der Waals surface area contributed by atoms with Gasteiger partial charge in [-0.25, -0.2) is 4.79 Å². The Hall–Kier alpha value is -1.71. The third-order valence-electron chi connectivity index (χ3n) is 4.66. The topological polar surface area (TPSA) is 174 Å². The third kappa shape index (κ3) is 10.3. The molecular weight excluding hydrogens is 350 g/mol. The number of rotatable bonds is 15. The normalized spacial score (nSPS) is 15.4. The van der Waals surface area contributed by atoms with Crippen molar-refractivity contribution in [3.8, 4) is 0 Å². The molecule has 0 aliphatic rings. The fourth-order valence-electron chi connectivity index (χ4n) is 2.62. The highest BCUT2D eigenvalue weighted by atomic mass is 16.4. The van der Waals surface area contributed by atoms with Gasteiger partial charge in [-0.05, 0) is 51.1 Å². The van der Waals surface area contributed by atoms with Gasteiger partial charge in [0.05, 0.1) is 6.04 Å². The Morgan fingerprint density at radius 2 is 1.48 bits per heavy atom. The Labute approximate surface area is 161 Å². The van der Waals surface area contributed by atoms with Crippen LogP contribution in [-0.4, -0.2) is 54.1 Å². The van der Waals surface area contributed by atoms with Gasteiger partial charge in [-0.1, -0.05) is 26.7 Å². The molecule has 0 aromatic heterocycles. The molecule has 0 aliphatic carbocycles. The number of carbonyl (C=O) groups is 3. The zero-order valence-electron chi connectivity index (χ0n) is 16.6. The smallest absolute Gasteiger partial charge is 0.326 e. The van der Waals surface area contributed by atoms with Crippen LogP contribution >= 0.6 is 0 Å². The van der Waals surface area contributed by atoms with E-state index >= 15 is 0 Å². The van der Waals surface area contributed by atoms with E-state index < -0.39 is 35.9 Å². The first-order chi connectivity index (χ1) is 12.8. The predicted molar refractivity (Wildman–Crippen MR) is 105 cm³/mol. The van der Waals surface area contributed by atoms with Gasteiger partial charge in [0.2, 0.25) is 11.8 Å². The van der Waals surface area contributed by atoms with Crippen LogP contribution < -0.4 is 27.8 Å². The molecule has 0 saturated carbocycles. The van der Waals surface area contributed by atoms with Crippen LogP contribution in [0.1, 0.15) is 58.8 Å². The zero-order valence-corrected chi connectivity index (χ0v) is 16.6. The highest BCUT2D eigenvalue weighted by Gasteiger charge is 2.30. The molecule has 0 aromatic rings. The van der Waals surface area contributed by atoms with E-state index in [4.69, 9.17) is 17.2 Å². The van der Waals surface area contributed by atoms with Crippen molar-refractivity contribution in [3.05, 3.63) is 0 Å². The number of nitrogens with two attached hydrogens (primary N) is 3. The van der Waals surface area contributed by atoms with E-state index in [0.717, 1.165) is 12.8 Å². The molecule has 0 radical (unpaired) electrons. The first-order valence-corrected chi connectivity index (χ1v) is 9.77. The second-order valence-corrected chi connectivity index (χ2v) is 6.95. The minimum absolute atomic E-state index is 0.231. The first-order valence-electron chi connectivity index (χ1n) is 9.77. The molecule has 0 spiro atoms. The third-order valence-corrected chi connectivity index (χ3v) is 4.66. The minimum Gasteiger partial charge on any atom is -0.480 e. The van der Waals surface area contributed by atoms with E-state index in [2.05, 4.69) is 10.6 Å². The summed E-state index contributed by atoms with van der Waals surface area (Å²) in [6.45, 7) is 4.62. The SMILES string of the molecule is CC[C@H](C)[C@H](NC(=O)[C@@H](CCCCN)NC(=O)[C@@H](N)CCCCN)C(=O)O. The van der Waals surface area contributed by atoms with E-state index in [1.54, 1.807) is 6.92 Å². The van der Waals surface area contributed by atoms with E-state index in [9.17, 15) is 19.5 Å². The Morgan fingerprint density at radius 1 is 0.926 bits per heavy atom. The lowest BCUT2D eigenvalue weighted by molar-refractivity contribution is -0.143. The Kier molecular flexibility index (Phi) is 13.5. The van der Waals surface area contributed by atoms with Gasteiger partial charge in [0.15, 0.2) is 0 Å². The molecule has 4 atom stereocenters. The Balaban J connectivity index is 4.96. The fourth-order valence-corrected chi connectivity index (χ4v) is 2.62.